The Morgan fingerprint density at radius 1 is 1.17 bits per heavy atom. The summed E-state index contributed by atoms with van der Waals surface area (Å²) in [5.74, 6) is 0. The van der Waals surface area contributed by atoms with Gasteiger partial charge in [0.15, 0.2) is 11.7 Å². The molecule has 0 spiro atoms. The van der Waals surface area contributed by atoms with Gasteiger partial charge in [-0.15, -0.1) is 0 Å². The van der Waals surface area contributed by atoms with Gasteiger partial charge in [-0.2, -0.15) is 0 Å². The molecule has 0 radical (unpaired) electrons. The Bertz CT molecular complexity index is 677. The number of pyridine rings is 1. The number of carbonyl (C=O) groups excluding carboxylic acids is 1. The van der Waals surface area contributed by atoms with Crippen LogP contribution in [0.1, 0.15) is 16.1 Å². The fraction of sp³-hybridized carbons (Fsp3) is 0.0769. The van der Waals surface area contributed by atoms with Crippen LogP contribution in [0.5, 0.6) is 0 Å². The average Bonchev–Trinajstić information content (AvgIpc) is 2.33. The predicted octanol–water partition coefficient (Wildman–Crippen LogP) is 3.27. The average molecular weight is 282 g/mol. The summed E-state index contributed by atoms with van der Waals surface area (Å²) in [6, 6.07) is 6.51. The van der Waals surface area contributed by atoms with Crippen molar-refractivity contribution in [3.8, 4) is 5.69 Å². The monoisotopic (exact) mass is 281 g/mol. The van der Waals surface area contributed by atoms with Gasteiger partial charge in [0.2, 0.25) is 0 Å². The van der Waals surface area contributed by atoms with Crippen molar-refractivity contribution in [2.24, 2.45) is 0 Å². The van der Waals surface area contributed by atoms with E-state index in [1.165, 1.54) is 12.3 Å². The van der Waals surface area contributed by atoms with E-state index in [0.29, 0.717) is 22.0 Å². The first-order valence-corrected chi connectivity index (χ1v) is 5.92. The van der Waals surface area contributed by atoms with Crippen molar-refractivity contribution >= 4 is 29.5 Å². The van der Waals surface area contributed by atoms with Gasteiger partial charge in [-0.3, -0.25) is 9.59 Å². The Morgan fingerprint density at radius 3 is 2.50 bits per heavy atom. The first kappa shape index (κ1) is 12.9. The molecular formula is C13H9Cl2NO2. The Morgan fingerprint density at radius 2 is 1.89 bits per heavy atom. The van der Waals surface area contributed by atoms with Crippen LogP contribution in [0.3, 0.4) is 0 Å². The van der Waals surface area contributed by atoms with E-state index in [1.54, 1.807) is 29.7 Å². The van der Waals surface area contributed by atoms with E-state index in [4.69, 9.17) is 23.2 Å². The molecule has 0 N–H and O–H groups in total. The summed E-state index contributed by atoms with van der Waals surface area (Å²) in [5.41, 5.74) is 1.26. The molecule has 0 saturated heterocycles. The maximum atomic E-state index is 11.5. The molecule has 5 heteroatoms. The van der Waals surface area contributed by atoms with Gasteiger partial charge >= 0.3 is 0 Å². The van der Waals surface area contributed by atoms with Gasteiger partial charge < -0.3 is 4.57 Å². The van der Waals surface area contributed by atoms with Crippen molar-refractivity contribution < 1.29 is 4.79 Å². The molecule has 2 rings (SSSR count). The van der Waals surface area contributed by atoms with Crippen LogP contribution >= 0.6 is 23.2 Å². The molecule has 0 saturated carbocycles. The number of carbonyl (C=O) groups is 1. The molecule has 2 aromatic rings. The van der Waals surface area contributed by atoms with Gasteiger partial charge in [0.1, 0.15) is 0 Å². The second kappa shape index (κ2) is 4.96. The lowest BCUT2D eigenvalue weighted by Crippen LogP contribution is -2.13. The molecule has 0 atom stereocenters. The van der Waals surface area contributed by atoms with Crippen molar-refractivity contribution in [1.29, 1.82) is 0 Å². The van der Waals surface area contributed by atoms with Gasteiger partial charge in [0.25, 0.3) is 0 Å². The molecule has 0 fully saturated rings. The first-order valence-electron chi connectivity index (χ1n) is 5.17. The van der Waals surface area contributed by atoms with Crippen molar-refractivity contribution in [2.45, 2.75) is 6.92 Å². The molecular weight excluding hydrogens is 273 g/mol. The van der Waals surface area contributed by atoms with E-state index in [9.17, 15) is 9.59 Å². The number of aryl methyl sites for hydroxylation is 1. The third-order valence-electron chi connectivity index (χ3n) is 2.58. The van der Waals surface area contributed by atoms with Crippen LogP contribution in [0.4, 0.5) is 0 Å². The Balaban J connectivity index is 2.66. The van der Waals surface area contributed by atoms with Gasteiger partial charge in [-0.25, -0.2) is 0 Å². The number of aromatic nitrogens is 1. The zero-order chi connectivity index (χ0) is 13.3. The highest BCUT2D eigenvalue weighted by atomic mass is 35.5. The van der Waals surface area contributed by atoms with E-state index in [0.717, 1.165) is 5.69 Å². The number of nitrogens with zero attached hydrogens (tertiary/aromatic N) is 1. The van der Waals surface area contributed by atoms with Gasteiger partial charge in [0, 0.05) is 23.6 Å². The Labute approximate surface area is 114 Å². The molecule has 0 bridgehead atoms. The smallest absolute Gasteiger partial charge is 0.192 e. The Hall–Kier alpha value is -1.58. The summed E-state index contributed by atoms with van der Waals surface area (Å²) in [5, 5.41) is 0.870. The number of rotatable bonds is 2. The highest BCUT2D eigenvalue weighted by molar-refractivity contribution is 6.42. The van der Waals surface area contributed by atoms with Crippen molar-refractivity contribution in [1.82, 2.24) is 4.57 Å². The number of benzene rings is 1. The van der Waals surface area contributed by atoms with Crippen molar-refractivity contribution in [3.63, 3.8) is 0 Å². The third-order valence-corrected chi connectivity index (χ3v) is 3.32. The zero-order valence-corrected chi connectivity index (χ0v) is 11.0. The normalized spacial score (nSPS) is 10.4. The molecule has 1 heterocycles. The Kier molecular flexibility index (Phi) is 3.55. The minimum absolute atomic E-state index is 0.103. The van der Waals surface area contributed by atoms with Crippen LogP contribution in [0.15, 0.2) is 35.3 Å². The lowest BCUT2D eigenvalue weighted by molar-refractivity contribution is 0.112. The molecule has 0 aliphatic carbocycles. The van der Waals surface area contributed by atoms with Gasteiger partial charge in [-0.05, 0) is 25.1 Å². The molecule has 0 amide bonds. The van der Waals surface area contributed by atoms with E-state index >= 15 is 0 Å². The molecule has 0 aliphatic heterocycles. The zero-order valence-electron chi connectivity index (χ0n) is 9.48. The quantitative estimate of drug-likeness (QED) is 0.793. The molecule has 18 heavy (non-hydrogen) atoms. The molecule has 0 aliphatic rings. The first-order chi connectivity index (χ1) is 8.52. The minimum Gasteiger partial charge on any atom is -0.320 e. The predicted molar refractivity (Wildman–Crippen MR) is 72.2 cm³/mol. The topological polar surface area (TPSA) is 39.1 Å². The van der Waals surface area contributed by atoms with E-state index in [1.807, 2.05) is 0 Å². The summed E-state index contributed by atoms with van der Waals surface area (Å²) >= 11 is 11.8. The summed E-state index contributed by atoms with van der Waals surface area (Å²) in [7, 11) is 0. The molecule has 1 aromatic heterocycles. The summed E-state index contributed by atoms with van der Waals surface area (Å²) in [6.45, 7) is 1.78. The minimum atomic E-state index is -0.293. The number of aldehydes is 1. The second-order valence-electron chi connectivity index (χ2n) is 3.82. The maximum absolute atomic E-state index is 11.5. The number of halogens is 2. The number of hydrogen-bond donors (Lipinski definition) is 0. The maximum Gasteiger partial charge on any atom is 0.192 e. The molecule has 3 nitrogen and oxygen atoms in total. The largest absolute Gasteiger partial charge is 0.320 e. The van der Waals surface area contributed by atoms with Crippen LogP contribution < -0.4 is 5.43 Å². The lowest BCUT2D eigenvalue weighted by atomic mass is 10.2. The van der Waals surface area contributed by atoms with Crippen molar-refractivity contribution in [3.05, 3.63) is 62.0 Å². The molecule has 0 unspecified atom stereocenters. The second-order valence-corrected chi connectivity index (χ2v) is 4.64. The highest BCUT2D eigenvalue weighted by Crippen LogP contribution is 2.24. The van der Waals surface area contributed by atoms with E-state index < -0.39 is 0 Å². The highest BCUT2D eigenvalue weighted by Gasteiger charge is 2.06. The summed E-state index contributed by atoms with van der Waals surface area (Å²) in [6.07, 6.45) is 2.03. The fourth-order valence-corrected chi connectivity index (χ4v) is 1.94. The van der Waals surface area contributed by atoms with E-state index in [-0.39, 0.29) is 11.0 Å². The standard InChI is InChI=1S/C13H9Cl2NO2/c1-8-4-13(18)9(7-17)6-16(8)10-2-3-11(14)12(15)5-10/h2-7H,1H3. The number of hydrogen-bond acceptors (Lipinski definition) is 2. The molecule has 92 valence electrons. The van der Waals surface area contributed by atoms with Crippen molar-refractivity contribution in [2.75, 3.05) is 0 Å². The SMILES string of the molecule is Cc1cc(=O)c(C=O)cn1-c1ccc(Cl)c(Cl)c1. The summed E-state index contributed by atoms with van der Waals surface area (Å²) < 4.78 is 1.72. The van der Waals surface area contributed by atoms with Gasteiger partial charge in [-0.1, -0.05) is 23.2 Å². The third kappa shape index (κ3) is 2.33. The van der Waals surface area contributed by atoms with Crippen LogP contribution in [-0.4, -0.2) is 10.9 Å². The van der Waals surface area contributed by atoms with Gasteiger partial charge in [0.05, 0.1) is 15.6 Å². The summed E-state index contributed by atoms with van der Waals surface area (Å²) in [4.78, 5) is 22.3. The molecule has 1 aromatic carbocycles. The van der Waals surface area contributed by atoms with Crippen LogP contribution in [0, 0.1) is 6.92 Å². The van der Waals surface area contributed by atoms with Crippen LogP contribution in [-0.2, 0) is 0 Å². The van der Waals surface area contributed by atoms with E-state index in [2.05, 4.69) is 0 Å². The fourth-order valence-electron chi connectivity index (χ4n) is 1.65. The lowest BCUT2D eigenvalue weighted by Gasteiger charge is -2.11. The van der Waals surface area contributed by atoms with Crippen LogP contribution in [0.25, 0.3) is 5.69 Å². The van der Waals surface area contributed by atoms with Crippen LogP contribution in [0.2, 0.25) is 10.0 Å².